The van der Waals surface area contributed by atoms with Crippen LogP contribution in [0.15, 0.2) is 18.2 Å². The van der Waals surface area contributed by atoms with E-state index in [1.54, 1.807) is 19.2 Å². The van der Waals surface area contributed by atoms with Gasteiger partial charge in [0.05, 0.1) is 7.11 Å². The van der Waals surface area contributed by atoms with Gasteiger partial charge in [0.25, 0.3) is 0 Å². The predicted octanol–water partition coefficient (Wildman–Crippen LogP) is 3.32. The third-order valence-corrected chi connectivity index (χ3v) is 5.34. The van der Waals surface area contributed by atoms with Crippen LogP contribution in [0.4, 0.5) is 0 Å². The molecule has 1 aromatic carbocycles. The fourth-order valence-electron chi connectivity index (χ4n) is 4.16. The molecule has 20 heavy (non-hydrogen) atoms. The number of ether oxygens (including phenoxy) is 1. The van der Waals surface area contributed by atoms with Crippen molar-refractivity contribution in [2.24, 2.45) is 17.8 Å². The highest BCUT2D eigenvalue weighted by Crippen LogP contribution is 2.49. The van der Waals surface area contributed by atoms with Crippen molar-refractivity contribution < 1.29 is 9.84 Å². The van der Waals surface area contributed by atoms with Gasteiger partial charge in [-0.05, 0) is 62.1 Å². The number of hydrogen-bond donors (Lipinski definition) is 2. The van der Waals surface area contributed by atoms with Crippen molar-refractivity contribution in [3.8, 4) is 11.5 Å². The molecule has 2 N–H and O–H groups in total. The van der Waals surface area contributed by atoms with Crippen molar-refractivity contribution in [3.63, 3.8) is 0 Å². The van der Waals surface area contributed by atoms with Crippen LogP contribution in [0.2, 0.25) is 0 Å². The second-order valence-electron chi connectivity index (χ2n) is 6.50. The summed E-state index contributed by atoms with van der Waals surface area (Å²) in [4.78, 5) is 0. The first-order valence-electron chi connectivity index (χ1n) is 7.76. The second kappa shape index (κ2) is 5.65. The van der Waals surface area contributed by atoms with Crippen molar-refractivity contribution in [2.75, 3.05) is 7.11 Å². The van der Waals surface area contributed by atoms with E-state index < -0.39 is 0 Å². The van der Waals surface area contributed by atoms with Crippen molar-refractivity contribution in [1.29, 1.82) is 0 Å². The molecule has 3 heteroatoms. The summed E-state index contributed by atoms with van der Waals surface area (Å²) in [5.74, 6) is 3.88. The largest absolute Gasteiger partial charge is 0.508 e. The molecule has 0 radical (unpaired) electrons. The fourth-order valence-corrected chi connectivity index (χ4v) is 4.16. The van der Waals surface area contributed by atoms with Crippen LogP contribution in [0, 0.1) is 17.8 Å². The highest BCUT2D eigenvalue weighted by molar-refractivity contribution is 5.39. The van der Waals surface area contributed by atoms with Gasteiger partial charge >= 0.3 is 0 Å². The minimum absolute atomic E-state index is 0.346. The summed E-state index contributed by atoms with van der Waals surface area (Å²) >= 11 is 0. The summed E-state index contributed by atoms with van der Waals surface area (Å²) in [6, 6.07) is 5.93. The van der Waals surface area contributed by atoms with Crippen LogP contribution in [0.1, 0.15) is 38.2 Å². The number of rotatable bonds is 5. The van der Waals surface area contributed by atoms with Gasteiger partial charge in [-0.25, -0.2) is 0 Å². The number of benzene rings is 1. The second-order valence-corrected chi connectivity index (χ2v) is 6.50. The molecule has 4 unspecified atom stereocenters. The van der Waals surface area contributed by atoms with Crippen LogP contribution in [0.25, 0.3) is 0 Å². The molecule has 2 bridgehead atoms. The molecule has 0 saturated heterocycles. The van der Waals surface area contributed by atoms with Gasteiger partial charge in [-0.1, -0.05) is 6.42 Å². The van der Waals surface area contributed by atoms with Gasteiger partial charge in [-0.15, -0.1) is 0 Å². The Bertz CT molecular complexity index is 474. The number of phenolic OH excluding ortho intramolecular Hbond substituents is 1. The Morgan fingerprint density at radius 3 is 2.85 bits per heavy atom. The molecule has 0 aromatic heterocycles. The SMILES string of the molecule is COc1ccc(O)c(CNC(C)C2CC3CCC2C3)c1. The lowest BCUT2D eigenvalue weighted by Gasteiger charge is -2.28. The number of nitrogens with one attached hydrogen (secondary N) is 1. The van der Waals surface area contributed by atoms with E-state index in [0.29, 0.717) is 18.3 Å². The molecule has 0 spiro atoms. The summed E-state index contributed by atoms with van der Waals surface area (Å²) in [5.41, 5.74) is 0.916. The third-order valence-electron chi connectivity index (χ3n) is 5.34. The Labute approximate surface area is 121 Å². The smallest absolute Gasteiger partial charge is 0.120 e. The summed E-state index contributed by atoms with van der Waals surface area (Å²) in [5, 5.41) is 13.5. The van der Waals surface area contributed by atoms with Crippen LogP contribution >= 0.6 is 0 Å². The van der Waals surface area contributed by atoms with Crippen molar-refractivity contribution in [3.05, 3.63) is 23.8 Å². The lowest BCUT2D eigenvalue weighted by molar-refractivity contribution is 0.259. The zero-order valence-corrected chi connectivity index (χ0v) is 12.4. The Morgan fingerprint density at radius 2 is 2.20 bits per heavy atom. The molecule has 110 valence electrons. The molecule has 0 heterocycles. The predicted molar refractivity (Wildman–Crippen MR) is 79.9 cm³/mol. The molecular weight excluding hydrogens is 250 g/mol. The van der Waals surface area contributed by atoms with Crippen LogP contribution in [-0.2, 0) is 6.54 Å². The minimum Gasteiger partial charge on any atom is -0.508 e. The lowest BCUT2D eigenvalue weighted by atomic mass is 9.84. The maximum atomic E-state index is 9.92. The van der Waals surface area contributed by atoms with E-state index in [-0.39, 0.29) is 0 Å². The molecule has 2 aliphatic carbocycles. The van der Waals surface area contributed by atoms with Gasteiger partial charge in [-0.3, -0.25) is 0 Å². The molecule has 2 aliphatic rings. The topological polar surface area (TPSA) is 41.5 Å². The monoisotopic (exact) mass is 275 g/mol. The van der Waals surface area contributed by atoms with Crippen molar-refractivity contribution in [2.45, 2.75) is 45.2 Å². The number of phenols is 1. The Morgan fingerprint density at radius 1 is 1.35 bits per heavy atom. The van der Waals surface area contributed by atoms with E-state index in [4.69, 9.17) is 4.74 Å². The quantitative estimate of drug-likeness (QED) is 0.866. The first-order valence-corrected chi connectivity index (χ1v) is 7.76. The number of hydrogen-bond acceptors (Lipinski definition) is 3. The summed E-state index contributed by atoms with van der Waals surface area (Å²) in [7, 11) is 1.65. The minimum atomic E-state index is 0.346. The van der Waals surface area contributed by atoms with Gasteiger partial charge in [0.1, 0.15) is 11.5 Å². The summed E-state index contributed by atoms with van der Waals surface area (Å²) in [6.07, 6.45) is 5.71. The first kappa shape index (κ1) is 13.7. The van der Waals surface area contributed by atoms with Gasteiger partial charge in [-0.2, -0.15) is 0 Å². The van der Waals surface area contributed by atoms with E-state index in [1.165, 1.54) is 25.7 Å². The van der Waals surface area contributed by atoms with Crippen LogP contribution in [0.3, 0.4) is 0 Å². The number of methoxy groups -OCH3 is 1. The molecule has 3 nitrogen and oxygen atoms in total. The molecular formula is C17H25NO2. The van der Waals surface area contributed by atoms with Crippen LogP contribution in [0.5, 0.6) is 11.5 Å². The molecule has 3 rings (SSSR count). The zero-order valence-electron chi connectivity index (χ0n) is 12.4. The van der Waals surface area contributed by atoms with Crippen LogP contribution < -0.4 is 10.1 Å². The van der Waals surface area contributed by atoms with Crippen molar-refractivity contribution >= 4 is 0 Å². The van der Waals surface area contributed by atoms with Crippen molar-refractivity contribution in [1.82, 2.24) is 5.32 Å². The van der Waals surface area contributed by atoms with E-state index in [2.05, 4.69) is 12.2 Å². The molecule has 4 atom stereocenters. The van der Waals surface area contributed by atoms with E-state index in [1.807, 2.05) is 6.07 Å². The average molecular weight is 275 g/mol. The molecule has 2 saturated carbocycles. The average Bonchev–Trinajstić information content (AvgIpc) is 3.08. The lowest BCUT2D eigenvalue weighted by Crippen LogP contribution is -2.35. The Hall–Kier alpha value is -1.22. The van der Waals surface area contributed by atoms with E-state index in [9.17, 15) is 5.11 Å². The molecule has 0 aliphatic heterocycles. The molecule has 0 amide bonds. The van der Waals surface area contributed by atoms with Gasteiger partial charge in [0.2, 0.25) is 0 Å². The summed E-state index contributed by atoms with van der Waals surface area (Å²) in [6.45, 7) is 3.00. The van der Waals surface area contributed by atoms with Gasteiger partial charge in [0.15, 0.2) is 0 Å². The maximum Gasteiger partial charge on any atom is 0.120 e. The Balaban J connectivity index is 1.59. The standard InChI is InChI=1S/C17H25NO2/c1-11(16-8-12-3-4-13(16)7-12)18-10-14-9-15(20-2)5-6-17(14)19/h5-6,9,11-13,16,18-19H,3-4,7-8,10H2,1-2H3. The Kier molecular flexibility index (Phi) is 3.88. The van der Waals surface area contributed by atoms with Crippen LogP contribution in [-0.4, -0.2) is 18.3 Å². The van der Waals surface area contributed by atoms with Gasteiger partial charge < -0.3 is 15.2 Å². The maximum absolute atomic E-state index is 9.92. The third kappa shape index (κ3) is 2.64. The molecule has 2 fully saturated rings. The number of aromatic hydroxyl groups is 1. The van der Waals surface area contributed by atoms with E-state index in [0.717, 1.165) is 29.1 Å². The molecule has 1 aromatic rings. The number of fused-ring (bicyclic) bond motifs is 2. The highest BCUT2D eigenvalue weighted by atomic mass is 16.5. The van der Waals surface area contributed by atoms with Gasteiger partial charge in [0, 0.05) is 18.2 Å². The fraction of sp³-hybridized carbons (Fsp3) is 0.647. The first-order chi connectivity index (χ1) is 9.67. The zero-order chi connectivity index (χ0) is 14.1. The van der Waals surface area contributed by atoms with E-state index >= 15 is 0 Å². The highest BCUT2D eigenvalue weighted by Gasteiger charge is 2.41. The normalized spacial score (nSPS) is 29.6. The summed E-state index contributed by atoms with van der Waals surface area (Å²) < 4.78 is 5.22.